The Morgan fingerprint density at radius 1 is 1.50 bits per heavy atom. The van der Waals surface area contributed by atoms with Crippen molar-refractivity contribution in [3.05, 3.63) is 36.7 Å². The number of halogens is 1. The Kier molecular flexibility index (Phi) is 4.86. The van der Waals surface area contributed by atoms with Gasteiger partial charge in [0.15, 0.2) is 0 Å². The summed E-state index contributed by atoms with van der Waals surface area (Å²) in [6.07, 6.45) is 2.09. The molecule has 0 bridgehead atoms. The molecule has 0 aliphatic heterocycles. The normalized spacial score (nSPS) is 11.7. The second-order valence-electron chi connectivity index (χ2n) is 3.81. The molecule has 6 heteroatoms. The van der Waals surface area contributed by atoms with E-state index in [2.05, 4.69) is 6.58 Å². The lowest BCUT2D eigenvalue weighted by molar-refractivity contribution is 0.437. The summed E-state index contributed by atoms with van der Waals surface area (Å²) in [6.45, 7) is 5.77. The quantitative estimate of drug-likeness (QED) is 0.636. The summed E-state index contributed by atoms with van der Waals surface area (Å²) in [4.78, 5) is -0.458. The van der Waals surface area contributed by atoms with Crippen LogP contribution >= 0.6 is 0 Å². The van der Waals surface area contributed by atoms with Crippen molar-refractivity contribution in [3.63, 3.8) is 0 Å². The maximum atomic E-state index is 13.7. The van der Waals surface area contributed by atoms with Crippen molar-refractivity contribution in [2.75, 3.05) is 18.8 Å². The molecular formula is C12H17FN2O2S. The number of benzene rings is 1. The molecule has 0 aliphatic carbocycles. The summed E-state index contributed by atoms with van der Waals surface area (Å²) < 4.78 is 39.5. The molecule has 0 aliphatic rings. The molecule has 0 aromatic heterocycles. The molecule has 0 radical (unpaired) electrons. The average Bonchev–Trinajstić information content (AvgIpc) is 2.28. The van der Waals surface area contributed by atoms with Gasteiger partial charge in [-0.25, -0.2) is 12.8 Å². The van der Waals surface area contributed by atoms with Crippen LogP contribution in [-0.4, -0.2) is 25.8 Å². The molecule has 1 aromatic carbocycles. The summed E-state index contributed by atoms with van der Waals surface area (Å²) in [5.41, 5.74) is 5.48. The minimum atomic E-state index is -3.92. The molecule has 18 heavy (non-hydrogen) atoms. The smallest absolute Gasteiger partial charge is 0.248 e. The molecule has 0 heterocycles. The molecule has 1 aromatic rings. The van der Waals surface area contributed by atoms with Gasteiger partial charge in [0.1, 0.15) is 10.7 Å². The van der Waals surface area contributed by atoms with E-state index < -0.39 is 20.7 Å². The minimum absolute atomic E-state index is 0.0832. The van der Waals surface area contributed by atoms with Crippen LogP contribution in [0.4, 0.5) is 10.1 Å². The highest BCUT2D eigenvalue weighted by atomic mass is 32.2. The van der Waals surface area contributed by atoms with Crippen LogP contribution in [0.15, 0.2) is 35.7 Å². The third-order valence-corrected chi connectivity index (χ3v) is 4.36. The van der Waals surface area contributed by atoms with Gasteiger partial charge in [0.25, 0.3) is 0 Å². The number of anilines is 1. The Labute approximate surface area is 107 Å². The summed E-state index contributed by atoms with van der Waals surface area (Å²) in [5, 5.41) is 0. The number of rotatable bonds is 6. The molecule has 2 N–H and O–H groups in total. The van der Waals surface area contributed by atoms with E-state index in [1.807, 2.05) is 6.92 Å². The monoisotopic (exact) mass is 272 g/mol. The highest BCUT2D eigenvalue weighted by molar-refractivity contribution is 7.89. The van der Waals surface area contributed by atoms with Crippen LogP contribution < -0.4 is 5.73 Å². The van der Waals surface area contributed by atoms with Crippen molar-refractivity contribution in [1.82, 2.24) is 4.31 Å². The molecule has 0 spiro atoms. The van der Waals surface area contributed by atoms with E-state index in [1.165, 1.54) is 18.2 Å². The molecule has 0 unspecified atom stereocenters. The van der Waals surface area contributed by atoms with Gasteiger partial charge in [-0.3, -0.25) is 0 Å². The predicted molar refractivity (Wildman–Crippen MR) is 70.1 cm³/mol. The number of nitrogens with zero attached hydrogens (tertiary/aromatic N) is 1. The van der Waals surface area contributed by atoms with E-state index in [-0.39, 0.29) is 12.2 Å². The average molecular weight is 272 g/mol. The van der Waals surface area contributed by atoms with Crippen LogP contribution in [0.2, 0.25) is 0 Å². The highest BCUT2D eigenvalue weighted by Crippen LogP contribution is 2.25. The zero-order valence-electron chi connectivity index (χ0n) is 10.3. The van der Waals surface area contributed by atoms with E-state index in [1.54, 1.807) is 0 Å². The zero-order valence-corrected chi connectivity index (χ0v) is 11.1. The molecule has 0 fully saturated rings. The van der Waals surface area contributed by atoms with Gasteiger partial charge < -0.3 is 5.73 Å². The maximum absolute atomic E-state index is 13.7. The molecule has 4 nitrogen and oxygen atoms in total. The van der Waals surface area contributed by atoms with Crippen molar-refractivity contribution in [2.45, 2.75) is 18.2 Å². The minimum Gasteiger partial charge on any atom is -0.398 e. The van der Waals surface area contributed by atoms with Gasteiger partial charge >= 0.3 is 0 Å². The first kappa shape index (κ1) is 14.7. The van der Waals surface area contributed by atoms with Crippen LogP contribution in [0.3, 0.4) is 0 Å². The molecule has 0 saturated carbocycles. The Balaban J connectivity index is 3.30. The number of hydrogen-bond donors (Lipinski definition) is 1. The predicted octanol–water partition coefficient (Wildman–Crippen LogP) is 1.99. The van der Waals surface area contributed by atoms with Crippen LogP contribution in [0, 0.1) is 5.82 Å². The Bertz CT molecular complexity index is 509. The molecule has 100 valence electrons. The van der Waals surface area contributed by atoms with Crippen LogP contribution in [0.1, 0.15) is 13.3 Å². The van der Waals surface area contributed by atoms with Crippen molar-refractivity contribution in [2.24, 2.45) is 0 Å². The lowest BCUT2D eigenvalue weighted by Gasteiger charge is -2.21. The first-order valence-corrected chi connectivity index (χ1v) is 7.04. The molecule has 0 saturated heterocycles. The lowest BCUT2D eigenvalue weighted by Crippen LogP contribution is -2.33. The van der Waals surface area contributed by atoms with E-state index in [0.29, 0.717) is 13.0 Å². The first-order chi connectivity index (χ1) is 8.45. The van der Waals surface area contributed by atoms with E-state index in [9.17, 15) is 12.8 Å². The largest absolute Gasteiger partial charge is 0.398 e. The Morgan fingerprint density at radius 2 is 2.17 bits per heavy atom. The van der Waals surface area contributed by atoms with Gasteiger partial charge in [0.2, 0.25) is 10.0 Å². The maximum Gasteiger partial charge on any atom is 0.248 e. The van der Waals surface area contributed by atoms with Gasteiger partial charge in [-0.2, -0.15) is 4.31 Å². The third-order valence-electron chi connectivity index (χ3n) is 2.40. The van der Waals surface area contributed by atoms with Crippen molar-refractivity contribution >= 4 is 15.7 Å². The van der Waals surface area contributed by atoms with Gasteiger partial charge in [0.05, 0.1) is 5.69 Å². The Hall–Kier alpha value is -1.40. The lowest BCUT2D eigenvalue weighted by atomic mass is 10.3. The zero-order chi connectivity index (χ0) is 13.8. The Morgan fingerprint density at radius 3 is 2.67 bits per heavy atom. The van der Waals surface area contributed by atoms with Gasteiger partial charge in [-0.1, -0.05) is 19.1 Å². The van der Waals surface area contributed by atoms with E-state index >= 15 is 0 Å². The van der Waals surface area contributed by atoms with Crippen LogP contribution in [-0.2, 0) is 10.0 Å². The summed E-state index contributed by atoms with van der Waals surface area (Å²) in [6, 6.07) is 3.83. The molecule has 1 rings (SSSR count). The highest BCUT2D eigenvalue weighted by Gasteiger charge is 2.28. The SMILES string of the molecule is C=CCN(CCC)S(=O)(=O)c1c(N)cccc1F. The van der Waals surface area contributed by atoms with E-state index in [0.717, 1.165) is 10.4 Å². The fourth-order valence-corrected chi connectivity index (χ4v) is 3.29. The van der Waals surface area contributed by atoms with Crippen LogP contribution in [0.25, 0.3) is 0 Å². The van der Waals surface area contributed by atoms with Crippen molar-refractivity contribution in [1.29, 1.82) is 0 Å². The topological polar surface area (TPSA) is 63.4 Å². The summed E-state index contributed by atoms with van der Waals surface area (Å²) >= 11 is 0. The fourth-order valence-electron chi connectivity index (χ4n) is 1.63. The van der Waals surface area contributed by atoms with Gasteiger partial charge in [-0.05, 0) is 18.6 Å². The number of sulfonamides is 1. The van der Waals surface area contributed by atoms with Gasteiger partial charge in [-0.15, -0.1) is 6.58 Å². The number of nitrogens with two attached hydrogens (primary N) is 1. The molecule has 0 atom stereocenters. The van der Waals surface area contributed by atoms with Crippen molar-refractivity contribution < 1.29 is 12.8 Å². The van der Waals surface area contributed by atoms with E-state index in [4.69, 9.17) is 5.73 Å². The first-order valence-electron chi connectivity index (χ1n) is 5.60. The standard InChI is InChI=1S/C12H17FN2O2S/c1-3-8-15(9-4-2)18(16,17)12-10(13)6-5-7-11(12)14/h3,5-7H,1,4,8-9,14H2,2H3. The second-order valence-corrected chi connectivity index (χ2v) is 5.68. The third kappa shape index (κ3) is 2.88. The number of hydrogen-bond acceptors (Lipinski definition) is 3. The summed E-state index contributed by atoms with van der Waals surface area (Å²) in [5.74, 6) is -0.833. The fraction of sp³-hybridized carbons (Fsp3) is 0.333. The molecule has 0 amide bonds. The number of nitrogen functional groups attached to an aromatic ring is 1. The summed E-state index contributed by atoms with van der Waals surface area (Å²) in [7, 11) is -3.92. The van der Waals surface area contributed by atoms with Gasteiger partial charge in [0, 0.05) is 13.1 Å². The second kappa shape index (κ2) is 5.97. The molecular weight excluding hydrogens is 255 g/mol. The van der Waals surface area contributed by atoms with Crippen LogP contribution in [0.5, 0.6) is 0 Å². The van der Waals surface area contributed by atoms with Crippen molar-refractivity contribution in [3.8, 4) is 0 Å².